The van der Waals surface area contributed by atoms with Gasteiger partial charge in [0.2, 0.25) is 10.0 Å². The molecule has 30 heavy (non-hydrogen) atoms. The number of sulfonamides is 1. The number of rotatable bonds is 3. The van der Waals surface area contributed by atoms with Crippen LogP contribution in [0.2, 0.25) is 0 Å². The van der Waals surface area contributed by atoms with Crippen LogP contribution in [-0.2, 0) is 10.0 Å². The predicted octanol–water partition coefficient (Wildman–Crippen LogP) is 2.45. The predicted molar refractivity (Wildman–Crippen MR) is 119 cm³/mol. The fourth-order valence-electron chi connectivity index (χ4n) is 4.28. The van der Waals surface area contributed by atoms with E-state index < -0.39 is 10.0 Å². The number of amides is 1. The molecule has 2 aromatic rings. The van der Waals surface area contributed by atoms with Crippen molar-refractivity contribution in [3.8, 4) is 0 Å². The monoisotopic (exact) mass is 428 g/mol. The van der Waals surface area contributed by atoms with Crippen molar-refractivity contribution in [3.63, 3.8) is 0 Å². The van der Waals surface area contributed by atoms with Gasteiger partial charge >= 0.3 is 0 Å². The number of carbonyl (C=O) groups excluding carboxylic acids is 1. The summed E-state index contributed by atoms with van der Waals surface area (Å²) >= 11 is 0. The summed E-state index contributed by atoms with van der Waals surface area (Å²) < 4.78 is 26.0. The Hall–Kier alpha value is -2.61. The third kappa shape index (κ3) is 4.01. The highest BCUT2D eigenvalue weighted by molar-refractivity contribution is 7.93. The molecule has 2 aliphatic rings. The second kappa shape index (κ2) is 7.91. The summed E-state index contributed by atoms with van der Waals surface area (Å²) in [6.07, 6.45) is 1.88. The number of nitrogens with zero attached hydrogens (tertiary/aromatic N) is 4. The van der Waals surface area contributed by atoms with E-state index in [1.54, 1.807) is 24.3 Å². The first-order valence-electron chi connectivity index (χ1n) is 10.3. The van der Waals surface area contributed by atoms with E-state index in [4.69, 9.17) is 0 Å². The maximum absolute atomic E-state index is 12.9. The van der Waals surface area contributed by atoms with E-state index >= 15 is 0 Å². The van der Waals surface area contributed by atoms with Gasteiger partial charge in [-0.15, -0.1) is 0 Å². The molecule has 1 atom stereocenters. The Labute approximate surface area is 178 Å². The lowest BCUT2D eigenvalue weighted by atomic mass is 10.1. The van der Waals surface area contributed by atoms with Crippen LogP contribution in [0.3, 0.4) is 0 Å². The van der Waals surface area contributed by atoms with Crippen LogP contribution < -0.4 is 9.21 Å². The number of piperazine rings is 1. The van der Waals surface area contributed by atoms with E-state index in [0.717, 1.165) is 30.0 Å². The molecule has 8 heteroatoms. The SMILES string of the molecule is Cc1cnc(N2CCN(C(=O)c3ccc(N4C[C@H](C)CS4(=O)=O)cc3)CC2)c(C)c1. The number of hydrogen-bond acceptors (Lipinski definition) is 5. The normalized spacial score (nSPS) is 21.2. The lowest BCUT2D eigenvalue weighted by Crippen LogP contribution is -2.49. The molecule has 0 spiro atoms. The van der Waals surface area contributed by atoms with Gasteiger partial charge in [0.25, 0.3) is 5.91 Å². The van der Waals surface area contributed by atoms with Crippen molar-refractivity contribution in [2.45, 2.75) is 20.8 Å². The topological polar surface area (TPSA) is 73.8 Å². The Morgan fingerprint density at radius 2 is 1.73 bits per heavy atom. The third-order valence-corrected chi connectivity index (χ3v) is 7.79. The van der Waals surface area contributed by atoms with Crippen LogP contribution in [0.15, 0.2) is 36.5 Å². The van der Waals surface area contributed by atoms with Gasteiger partial charge in [0.15, 0.2) is 0 Å². The average molecular weight is 429 g/mol. The summed E-state index contributed by atoms with van der Waals surface area (Å²) in [5, 5.41) is 0. The van der Waals surface area contributed by atoms with E-state index in [1.165, 1.54) is 4.31 Å². The molecule has 0 radical (unpaired) electrons. The van der Waals surface area contributed by atoms with Gasteiger partial charge in [0, 0.05) is 44.5 Å². The zero-order valence-electron chi connectivity index (χ0n) is 17.7. The number of hydrogen-bond donors (Lipinski definition) is 0. The number of carbonyl (C=O) groups is 1. The van der Waals surface area contributed by atoms with Crippen LogP contribution >= 0.6 is 0 Å². The molecule has 4 rings (SSSR count). The van der Waals surface area contributed by atoms with Crippen LogP contribution in [0.25, 0.3) is 0 Å². The lowest BCUT2D eigenvalue weighted by Gasteiger charge is -2.36. The zero-order valence-corrected chi connectivity index (χ0v) is 18.5. The Morgan fingerprint density at radius 3 is 2.30 bits per heavy atom. The van der Waals surface area contributed by atoms with Crippen molar-refractivity contribution in [2.75, 3.05) is 47.7 Å². The highest BCUT2D eigenvalue weighted by atomic mass is 32.2. The standard InChI is InChI=1S/C22H28N4O3S/c1-16-12-18(3)21(23-13-16)24-8-10-25(11-9-24)22(27)19-4-6-20(7-5-19)26-14-17(2)15-30(26,28)29/h4-7,12-13,17H,8-11,14-15H2,1-3H3/t17-/m0/s1. The number of aromatic nitrogens is 1. The quantitative estimate of drug-likeness (QED) is 0.751. The second-order valence-corrected chi connectivity index (χ2v) is 10.3. The molecule has 2 fully saturated rings. The molecule has 0 aliphatic carbocycles. The molecule has 0 N–H and O–H groups in total. The van der Waals surface area contributed by atoms with Gasteiger partial charge in [-0.1, -0.05) is 13.0 Å². The fraction of sp³-hybridized carbons (Fsp3) is 0.455. The van der Waals surface area contributed by atoms with Crippen molar-refractivity contribution in [2.24, 2.45) is 5.92 Å². The van der Waals surface area contributed by atoms with Crippen LogP contribution in [-0.4, -0.2) is 62.7 Å². The van der Waals surface area contributed by atoms with Crippen LogP contribution in [0, 0.1) is 19.8 Å². The fourth-order valence-corrected chi connectivity index (χ4v) is 6.21. The summed E-state index contributed by atoms with van der Waals surface area (Å²) in [6, 6.07) is 9.06. The smallest absolute Gasteiger partial charge is 0.253 e. The number of pyridine rings is 1. The van der Waals surface area contributed by atoms with E-state index in [2.05, 4.69) is 22.9 Å². The molecule has 3 heterocycles. The Bertz CT molecular complexity index is 1040. The van der Waals surface area contributed by atoms with E-state index in [9.17, 15) is 13.2 Å². The van der Waals surface area contributed by atoms with Gasteiger partial charge in [0.05, 0.1) is 11.4 Å². The van der Waals surface area contributed by atoms with Crippen LogP contribution in [0.5, 0.6) is 0 Å². The molecule has 0 unspecified atom stereocenters. The number of aryl methyl sites for hydroxylation is 2. The second-order valence-electron chi connectivity index (χ2n) is 8.39. The molecule has 0 bridgehead atoms. The molecule has 0 saturated carbocycles. The number of benzene rings is 1. The molecule has 1 amide bonds. The highest BCUT2D eigenvalue weighted by Crippen LogP contribution is 2.27. The van der Waals surface area contributed by atoms with E-state index in [1.807, 2.05) is 24.9 Å². The van der Waals surface area contributed by atoms with Gasteiger partial charge in [-0.2, -0.15) is 0 Å². The largest absolute Gasteiger partial charge is 0.353 e. The summed E-state index contributed by atoms with van der Waals surface area (Å²) in [5.74, 6) is 1.25. The third-order valence-electron chi connectivity index (χ3n) is 5.76. The first kappa shape index (κ1) is 20.7. The summed E-state index contributed by atoms with van der Waals surface area (Å²) in [6.45, 7) is 9.27. The Morgan fingerprint density at radius 1 is 1.07 bits per heavy atom. The molecule has 1 aromatic carbocycles. The first-order valence-corrected chi connectivity index (χ1v) is 11.9. The summed E-state index contributed by atoms with van der Waals surface area (Å²) in [4.78, 5) is 21.6. The Balaban J connectivity index is 1.41. The molecule has 1 aromatic heterocycles. The molecule has 160 valence electrons. The molecule has 2 aliphatic heterocycles. The maximum Gasteiger partial charge on any atom is 0.253 e. The molecular weight excluding hydrogens is 400 g/mol. The summed E-state index contributed by atoms with van der Waals surface area (Å²) in [7, 11) is -3.26. The molecule has 7 nitrogen and oxygen atoms in total. The van der Waals surface area contributed by atoms with Crippen molar-refractivity contribution in [3.05, 3.63) is 53.2 Å². The van der Waals surface area contributed by atoms with E-state index in [0.29, 0.717) is 30.9 Å². The van der Waals surface area contributed by atoms with Gasteiger partial charge < -0.3 is 9.80 Å². The van der Waals surface area contributed by atoms with Crippen molar-refractivity contribution >= 4 is 27.4 Å². The minimum atomic E-state index is -3.26. The first-order chi connectivity index (χ1) is 14.2. The Kier molecular flexibility index (Phi) is 5.44. The van der Waals surface area contributed by atoms with Gasteiger partial charge in [-0.3, -0.25) is 9.10 Å². The number of anilines is 2. The van der Waals surface area contributed by atoms with Gasteiger partial charge in [-0.25, -0.2) is 13.4 Å². The van der Waals surface area contributed by atoms with Gasteiger partial charge in [0.1, 0.15) is 5.82 Å². The van der Waals surface area contributed by atoms with Crippen LogP contribution in [0.4, 0.5) is 11.5 Å². The van der Waals surface area contributed by atoms with Crippen LogP contribution in [0.1, 0.15) is 28.4 Å². The van der Waals surface area contributed by atoms with Crippen molar-refractivity contribution < 1.29 is 13.2 Å². The lowest BCUT2D eigenvalue weighted by molar-refractivity contribution is 0.0746. The molecule has 2 saturated heterocycles. The van der Waals surface area contributed by atoms with Crippen molar-refractivity contribution in [1.82, 2.24) is 9.88 Å². The summed E-state index contributed by atoms with van der Waals surface area (Å²) in [5.41, 5.74) is 3.50. The minimum absolute atomic E-state index is 0.0209. The maximum atomic E-state index is 12.9. The zero-order chi connectivity index (χ0) is 21.5. The highest BCUT2D eigenvalue weighted by Gasteiger charge is 2.33. The van der Waals surface area contributed by atoms with Crippen molar-refractivity contribution in [1.29, 1.82) is 0 Å². The van der Waals surface area contributed by atoms with E-state index in [-0.39, 0.29) is 17.6 Å². The average Bonchev–Trinajstić information content (AvgIpc) is 3.00. The molecular formula is C22H28N4O3S. The minimum Gasteiger partial charge on any atom is -0.353 e. The van der Waals surface area contributed by atoms with Gasteiger partial charge in [-0.05, 0) is 55.2 Å².